The maximum absolute atomic E-state index is 13.4. The highest BCUT2D eigenvalue weighted by Crippen LogP contribution is 2.32. The molecule has 0 bridgehead atoms. The number of sulfonamides is 1. The lowest BCUT2D eigenvalue weighted by Crippen LogP contribution is -2.52. The molecule has 1 N–H and O–H groups in total. The molecule has 0 amide bonds. The molecule has 0 unspecified atom stereocenters. The van der Waals surface area contributed by atoms with E-state index in [0.717, 1.165) is 22.5 Å². The summed E-state index contributed by atoms with van der Waals surface area (Å²) in [6.07, 6.45) is 0. The minimum atomic E-state index is -4.28. The van der Waals surface area contributed by atoms with Crippen molar-refractivity contribution < 1.29 is 27.6 Å². The molecule has 1 heterocycles. The zero-order valence-electron chi connectivity index (χ0n) is 9.89. The van der Waals surface area contributed by atoms with Crippen LogP contribution in [-0.4, -0.2) is 41.8 Å². The molecule has 8 nitrogen and oxygen atoms in total. The maximum Gasteiger partial charge on any atom is 0.324 e. The zero-order chi connectivity index (χ0) is 15.1. The Kier molecular flexibility index (Phi) is 3.44. The van der Waals surface area contributed by atoms with E-state index in [-0.39, 0.29) is 13.1 Å². The van der Waals surface area contributed by atoms with E-state index >= 15 is 0 Å². The number of benzene rings is 1. The van der Waals surface area contributed by atoms with Crippen LogP contribution in [0.4, 0.5) is 10.1 Å². The zero-order valence-corrected chi connectivity index (χ0v) is 10.7. The summed E-state index contributed by atoms with van der Waals surface area (Å²) in [7, 11) is -4.28. The van der Waals surface area contributed by atoms with Gasteiger partial charge < -0.3 is 5.11 Å². The molecular formula is C10H9FN2O6S. The smallest absolute Gasteiger partial charge is 0.324 e. The lowest BCUT2D eigenvalue weighted by molar-refractivity contribution is -0.390. The summed E-state index contributed by atoms with van der Waals surface area (Å²) < 4.78 is 38.4. The molecule has 1 fully saturated rings. The monoisotopic (exact) mass is 304 g/mol. The molecule has 20 heavy (non-hydrogen) atoms. The van der Waals surface area contributed by atoms with Gasteiger partial charge in [0.25, 0.3) is 0 Å². The van der Waals surface area contributed by atoms with Crippen LogP contribution in [0.3, 0.4) is 0 Å². The first-order valence-electron chi connectivity index (χ1n) is 5.41. The molecule has 0 aromatic heterocycles. The topological polar surface area (TPSA) is 118 Å². The first-order chi connectivity index (χ1) is 9.25. The van der Waals surface area contributed by atoms with Crippen LogP contribution in [0.15, 0.2) is 23.1 Å². The Hall–Kier alpha value is -2.07. The maximum atomic E-state index is 13.4. The summed E-state index contributed by atoms with van der Waals surface area (Å²) in [5, 5.41) is 19.5. The Bertz CT molecular complexity index is 683. The van der Waals surface area contributed by atoms with Gasteiger partial charge in [-0.2, -0.15) is 8.70 Å². The van der Waals surface area contributed by atoms with Gasteiger partial charge >= 0.3 is 11.7 Å². The SMILES string of the molecule is O=C(O)C1CN(S(=O)(=O)c2cccc(F)c2[N+](=O)[O-])C1. The molecule has 0 atom stereocenters. The summed E-state index contributed by atoms with van der Waals surface area (Å²) in [5.74, 6) is -3.26. The van der Waals surface area contributed by atoms with E-state index in [9.17, 15) is 27.7 Å². The molecule has 0 saturated carbocycles. The molecule has 2 rings (SSSR count). The number of nitro groups is 1. The van der Waals surface area contributed by atoms with Gasteiger partial charge in [-0.15, -0.1) is 0 Å². The van der Waals surface area contributed by atoms with E-state index in [1.165, 1.54) is 0 Å². The van der Waals surface area contributed by atoms with Crippen LogP contribution in [0.1, 0.15) is 0 Å². The minimum absolute atomic E-state index is 0.286. The molecule has 0 aliphatic carbocycles. The second-order valence-corrected chi connectivity index (χ2v) is 6.11. The molecule has 1 saturated heterocycles. The number of rotatable bonds is 4. The summed E-state index contributed by atoms with van der Waals surface area (Å²) in [5.41, 5.74) is -1.13. The van der Waals surface area contributed by atoms with E-state index in [0.29, 0.717) is 0 Å². The van der Waals surface area contributed by atoms with Crippen LogP contribution in [0.5, 0.6) is 0 Å². The first-order valence-corrected chi connectivity index (χ1v) is 6.85. The molecule has 1 aliphatic rings. The predicted octanol–water partition coefficient (Wildman–Crippen LogP) is 0.439. The highest BCUT2D eigenvalue weighted by molar-refractivity contribution is 7.89. The second kappa shape index (κ2) is 4.80. The summed E-state index contributed by atoms with van der Waals surface area (Å²) in [4.78, 5) is 19.5. The van der Waals surface area contributed by atoms with Crippen LogP contribution < -0.4 is 0 Å². The molecule has 1 aliphatic heterocycles. The number of para-hydroxylation sites is 1. The number of carbonyl (C=O) groups is 1. The van der Waals surface area contributed by atoms with Crippen LogP contribution in [-0.2, 0) is 14.8 Å². The van der Waals surface area contributed by atoms with Crippen molar-refractivity contribution in [2.24, 2.45) is 5.92 Å². The highest BCUT2D eigenvalue weighted by atomic mass is 32.2. The highest BCUT2D eigenvalue weighted by Gasteiger charge is 2.43. The van der Waals surface area contributed by atoms with Gasteiger partial charge in [-0.3, -0.25) is 14.9 Å². The third-order valence-electron chi connectivity index (χ3n) is 2.95. The minimum Gasteiger partial charge on any atom is -0.481 e. The van der Waals surface area contributed by atoms with Gasteiger partial charge in [0.15, 0.2) is 4.90 Å². The van der Waals surface area contributed by atoms with Crippen molar-refractivity contribution >= 4 is 21.7 Å². The van der Waals surface area contributed by atoms with Crippen molar-refractivity contribution in [3.05, 3.63) is 34.1 Å². The number of nitrogens with zero attached hydrogens (tertiary/aromatic N) is 2. The Morgan fingerprint density at radius 3 is 2.55 bits per heavy atom. The van der Waals surface area contributed by atoms with E-state index in [2.05, 4.69) is 0 Å². The van der Waals surface area contributed by atoms with E-state index < -0.39 is 43.2 Å². The van der Waals surface area contributed by atoms with Gasteiger partial charge in [0.1, 0.15) is 0 Å². The molecule has 1 aromatic carbocycles. The van der Waals surface area contributed by atoms with Crippen molar-refractivity contribution in [3.8, 4) is 0 Å². The Balaban J connectivity index is 2.40. The first kappa shape index (κ1) is 14.3. The molecule has 0 spiro atoms. The average Bonchev–Trinajstić information content (AvgIpc) is 2.24. The normalized spacial score (nSPS) is 16.6. The number of aliphatic carboxylic acids is 1. The number of carboxylic acids is 1. The number of hydrogen-bond donors (Lipinski definition) is 1. The lowest BCUT2D eigenvalue weighted by Gasteiger charge is -2.35. The molecular weight excluding hydrogens is 295 g/mol. The van der Waals surface area contributed by atoms with Crippen LogP contribution in [0, 0.1) is 21.8 Å². The fourth-order valence-corrected chi connectivity index (χ4v) is 3.51. The molecule has 10 heteroatoms. The quantitative estimate of drug-likeness (QED) is 0.637. The Morgan fingerprint density at radius 1 is 1.45 bits per heavy atom. The molecule has 1 aromatic rings. The summed E-state index contributed by atoms with van der Waals surface area (Å²) in [6, 6.07) is 2.75. The van der Waals surface area contributed by atoms with Crippen LogP contribution in [0.2, 0.25) is 0 Å². The van der Waals surface area contributed by atoms with Crippen molar-refractivity contribution in [2.75, 3.05) is 13.1 Å². The van der Waals surface area contributed by atoms with Crippen molar-refractivity contribution in [1.82, 2.24) is 4.31 Å². The number of nitro benzene ring substituents is 1. The predicted molar refractivity (Wildman–Crippen MR) is 62.9 cm³/mol. The average molecular weight is 304 g/mol. The number of halogens is 1. The van der Waals surface area contributed by atoms with E-state index in [1.807, 2.05) is 0 Å². The fraction of sp³-hybridized carbons (Fsp3) is 0.300. The summed E-state index contributed by atoms with van der Waals surface area (Å²) in [6.45, 7) is -0.573. The standard InChI is InChI=1S/C10H9FN2O6S/c11-7-2-1-3-8(9(7)13(16)17)20(18,19)12-4-6(5-12)10(14)15/h1-3,6H,4-5H2,(H,14,15). The second-order valence-electron chi connectivity index (χ2n) is 4.20. The van der Waals surface area contributed by atoms with Gasteiger partial charge in [-0.25, -0.2) is 8.42 Å². The molecule has 0 radical (unpaired) electrons. The summed E-state index contributed by atoms with van der Waals surface area (Å²) >= 11 is 0. The van der Waals surface area contributed by atoms with E-state index in [4.69, 9.17) is 5.11 Å². The van der Waals surface area contributed by atoms with Crippen molar-refractivity contribution in [1.29, 1.82) is 0 Å². The fourth-order valence-electron chi connectivity index (χ4n) is 1.81. The van der Waals surface area contributed by atoms with E-state index in [1.54, 1.807) is 0 Å². The Morgan fingerprint density at radius 2 is 2.05 bits per heavy atom. The van der Waals surface area contributed by atoms with Gasteiger partial charge in [-0.1, -0.05) is 6.07 Å². The van der Waals surface area contributed by atoms with Crippen LogP contribution in [0.25, 0.3) is 0 Å². The molecule has 108 valence electrons. The number of carboxylic acid groups (broad SMARTS) is 1. The third-order valence-corrected chi connectivity index (χ3v) is 4.81. The lowest BCUT2D eigenvalue weighted by atomic mass is 10.0. The van der Waals surface area contributed by atoms with Crippen LogP contribution >= 0.6 is 0 Å². The largest absolute Gasteiger partial charge is 0.481 e. The Labute approximate surface area is 112 Å². The van der Waals surface area contributed by atoms with Crippen molar-refractivity contribution in [3.63, 3.8) is 0 Å². The van der Waals surface area contributed by atoms with Gasteiger partial charge in [0.05, 0.1) is 10.8 Å². The van der Waals surface area contributed by atoms with Gasteiger partial charge in [0.2, 0.25) is 15.8 Å². The van der Waals surface area contributed by atoms with Gasteiger partial charge in [0, 0.05) is 13.1 Å². The van der Waals surface area contributed by atoms with Crippen molar-refractivity contribution in [2.45, 2.75) is 4.90 Å². The number of hydrogen-bond acceptors (Lipinski definition) is 5. The third kappa shape index (κ3) is 2.23. The van der Waals surface area contributed by atoms with Gasteiger partial charge in [-0.05, 0) is 12.1 Å².